The van der Waals surface area contributed by atoms with Gasteiger partial charge in [-0.05, 0) is 97.4 Å². The predicted molar refractivity (Wildman–Crippen MR) is 232 cm³/mol. The van der Waals surface area contributed by atoms with Crippen LogP contribution in [0.5, 0.6) is 0 Å². The Bertz CT molecular complexity index is 2970. The highest BCUT2D eigenvalue weighted by Crippen LogP contribution is 2.62. The molecule has 0 atom stereocenters. The molecule has 0 bridgehead atoms. The van der Waals surface area contributed by atoms with Gasteiger partial charge in [-0.1, -0.05) is 170 Å². The van der Waals surface area contributed by atoms with Crippen LogP contribution in [0.3, 0.4) is 0 Å². The third-order valence-electron chi connectivity index (χ3n) is 11.8. The van der Waals surface area contributed by atoms with Crippen LogP contribution in [0.4, 0.5) is 0 Å². The van der Waals surface area contributed by atoms with Crippen LogP contribution in [0.2, 0.25) is 0 Å². The molecule has 0 N–H and O–H groups in total. The molecule has 270 valence electrons. The second-order valence-corrected chi connectivity index (χ2v) is 15.1. The molecule has 2 aliphatic rings. The molecule has 11 rings (SSSR count). The van der Waals surface area contributed by atoms with Crippen molar-refractivity contribution in [2.45, 2.75) is 11.8 Å². The number of fused-ring (bicyclic) bond motifs is 10. The van der Waals surface area contributed by atoms with Crippen molar-refractivity contribution >= 4 is 0 Å². The van der Waals surface area contributed by atoms with Crippen LogP contribution < -0.4 is 0 Å². The number of nitriles is 1. The minimum absolute atomic E-state index is 0.406. The zero-order valence-electron chi connectivity index (χ0n) is 31.5. The van der Waals surface area contributed by atoms with Gasteiger partial charge in [-0.2, -0.15) is 5.26 Å². The Morgan fingerprint density at radius 2 is 0.828 bits per heavy atom. The zero-order valence-corrected chi connectivity index (χ0v) is 31.5. The van der Waals surface area contributed by atoms with Crippen LogP contribution in [-0.2, 0) is 11.8 Å². The van der Waals surface area contributed by atoms with Crippen LogP contribution in [0.25, 0.3) is 67.5 Å². The summed E-state index contributed by atoms with van der Waals surface area (Å²) in [6.45, 7) is 0. The highest BCUT2D eigenvalue weighted by atomic mass is 15.0. The first-order valence-corrected chi connectivity index (χ1v) is 19.6. The predicted octanol–water partition coefficient (Wildman–Crippen LogP) is 12.3. The fourth-order valence-electron chi connectivity index (χ4n) is 9.25. The summed E-state index contributed by atoms with van der Waals surface area (Å²) in [5, 5.41) is 9.58. The van der Waals surface area contributed by atoms with E-state index in [1.165, 1.54) is 50.1 Å². The number of nitrogens with zero attached hydrogens (tertiary/aromatic N) is 4. The first kappa shape index (κ1) is 33.6. The minimum atomic E-state index is -0.406. The second kappa shape index (κ2) is 13.5. The molecule has 58 heavy (non-hydrogen) atoms. The lowest BCUT2D eigenvalue weighted by molar-refractivity contribution is 0.792. The maximum absolute atomic E-state index is 9.58. The van der Waals surface area contributed by atoms with E-state index in [2.05, 4.69) is 115 Å². The standard InChI is InChI=1S/C54H34N4/c55-34-35-23-26-38(27-24-35)41-30-37(31-42(33-41)53-57-51(39-13-3-1-4-14-39)56-52(58-53)40-15-5-2-6-16-40)29-36-25-28-46-45-19-9-12-22-49(45)54(50(46)32-36)47-20-10-7-17-43(47)44-18-8-11-21-48(44)54/h1-28,30-33H,29H2. The number of hydrogen-bond acceptors (Lipinski definition) is 4. The lowest BCUT2D eigenvalue weighted by Gasteiger charge is -2.30. The summed E-state index contributed by atoms with van der Waals surface area (Å²) < 4.78 is 0. The molecule has 0 radical (unpaired) electrons. The van der Waals surface area contributed by atoms with Gasteiger partial charge < -0.3 is 0 Å². The minimum Gasteiger partial charge on any atom is -0.208 e. The highest BCUT2D eigenvalue weighted by Gasteiger charge is 2.51. The Morgan fingerprint density at radius 3 is 1.36 bits per heavy atom. The Kier molecular flexibility index (Phi) is 7.80. The van der Waals surface area contributed by atoms with Gasteiger partial charge in [0.25, 0.3) is 0 Å². The molecule has 9 aromatic rings. The van der Waals surface area contributed by atoms with Crippen molar-refractivity contribution in [1.29, 1.82) is 5.26 Å². The molecule has 1 aromatic heterocycles. The summed E-state index contributed by atoms with van der Waals surface area (Å²) in [5.41, 5.74) is 17.9. The van der Waals surface area contributed by atoms with Crippen LogP contribution in [0, 0.1) is 11.3 Å². The summed E-state index contributed by atoms with van der Waals surface area (Å²) in [7, 11) is 0. The third kappa shape index (κ3) is 5.33. The monoisotopic (exact) mass is 738 g/mol. The van der Waals surface area contributed by atoms with Crippen LogP contribution in [0.1, 0.15) is 38.9 Å². The molecule has 1 spiro atoms. The molecule has 0 saturated carbocycles. The molecule has 0 aliphatic heterocycles. The molecule has 0 saturated heterocycles. The van der Waals surface area contributed by atoms with Gasteiger partial charge in [0, 0.05) is 16.7 Å². The molecular formula is C54H34N4. The number of aromatic nitrogens is 3. The summed E-state index contributed by atoms with van der Waals surface area (Å²) in [5.74, 6) is 1.85. The maximum atomic E-state index is 9.58. The SMILES string of the molecule is N#Cc1ccc(-c2cc(Cc3ccc4c(c3)C3(c5ccccc5-c5ccccc53)c3ccccc3-4)cc(-c3nc(-c4ccccc4)nc(-c4ccccc4)n3)c2)cc1. The van der Waals surface area contributed by atoms with Crippen molar-refractivity contribution in [3.05, 3.63) is 233 Å². The van der Waals surface area contributed by atoms with Gasteiger partial charge in [0.2, 0.25) is 0 Å². The van der Waals surface area contributed by atoms with Crippen molar-refractivity contribution in [2.75, 3.05) is 0 Å². The quantitative estimate of drug-likeness (QED) is 0.170. The first-order valence-electron chi connectivity index (χ1n) is 19.6. The average Bonchev–Trinajstić information content (AvgIpc) is 3.76. The summed E-state index contributed by atoms with van der Waals surface area (Å²) in [6, 6.07) is 70.7. The number of hydrogen-bond donors (Lipinski definition) is 0. The van der Waals surface area contributed by atoms with Crippen molar-refractivity contribution in [3.8, 4) is 73.6 Å². The lowest BCUT2D eigenvalue weighted by atomic mass is 9.70. The van der Waals surface area contributed by atoms with Gasteiger partial charge >= 0.3 is 0 Å². The molecule has 0 unspecified atom stereocenters. The van der Waals surface area contributed by atoms with E-state index in [1.807, 2.05) is 84.9 Å². The van der Waals surface area contributed by atoms with Gasteiger partial charge in [0.15, 0.2) is 17.5 Å². The average molecular weight is 739 g/mol. The van der Waals surface area contributed by atoms with Gasteiger partial charge in [0.05, 0.1) is 17.0 Å². The Balaban J connectivity index is 1.08. The summed E-state index contributed by atoms with van der Waals surface area (Å²) in [6.07, 6.45) is 0.697. The van der Waals surface area contributed by atoms with Crippen LogP contribution in [0.15, 0.2) is 194 Å². The van der Waals surface area contributed by atoms with Crippen molar-refractivity contribution < 1.29 is 0 Å². The van der Waals surface area contributed by atoms with E-state index >= 15 is 0 Å². The van der Waals surface area contributed by atoms with E-state index < -0.39 is 5.41 Å². The first-order chi connectivity index (χ1) is 28.7. The lowest BCUT2D eigenvalue weighted by Crippen LogP contribution is -2.26. The molecule has 8 aromatic carbocycles. The number of benzene rings is 8. The fraction of sp³-hybridized carbons (Fsp3) is 0.0370. The van der Waals surface area contributed by atoms with Gasteiger partial charge in [-0.3, -0.25) is 0 Å². The Labute approximate surface area is 337 Å². The van der Waals surface area contributed by atoms with E-state index in [9.17, 15) is 5.26 Å². The molecule has 2 aliphatic carbocycles. The van der Waals surface area contributed by atoms with Crippen molar-refractivity contribution in [1.82, 2.24) is 15.0 Å². The molecule has 0 amide bonds. The molecule has 1 heterocycles. The molecular weight excluding hydrogens is 705 g/mol. The fourth-order valence-corrected chi connectivity index (χ4v) is 9.25. The molecule has 4 heteroatoms. The smallest absolute Gasteiger partial charge is 0.164 e. The van der Waals surface area contributed by atoms with Crippen molar-refractivity contribution in [2.24, 2.45) is 0 Å². The summed E-state index contributed by atoms with van der Waals surface area (Å²) in [4.78, 5) is 15.2. The number of rotatable bonds is 6. The Hall–Kier alpha value is -7.74. The van der Waals surface area contributed by atoms with E-state index in [0.717, 1.165) is 33.4 Å². The van der Waals surface area contributed by atoms with E-state index in [4.69, 9.17) is 15.0 Å². The highest BCUT2D eigenvalue weighted by molar-refractivity contribution is 5.95. The third-order valence-corrected chi connectivity index (χ3v) is 11.8. The van der Waals surface area contributed by atoms with Gasteiger partial charge in [-0.25, -0.2) is 15.0 Å². The van der Waals surface area contributed by atoms with Gasteiger partial charge in [0.1, 0.15) is 0 Å². The van der Waals surface area contributed by atoms with E-state index in [1.54, 1.807) is 0 Å². The van der Waals surface area contributed by atoms with Crippen LogP contribution in [-0.4, -0.2) is 15.0 Å². The largest absolute Gasteiger partial charge is 0.208 e. The second-order valence-electron chi connectivity index (χ2n) is 15.1. The zero-order chi connectivity index (χ0) is 38.6. The van der Waals surface area contributed by atoms with Gasteiger partial charge in [-0.15, -0.1) is 0 Å². The van der Waals surface area contributed by atoms with E-state index in [0.29, 0.717) is 29.5 Å². The van der Waals surface area contributed by atoms with Crippen LogP contribution >= 0.6 is 0 Å². The molecule has 4 nitrogen and oxygen atoms in total. The maximum Gasteiger partial charge on any atom is 0.164 e. The van der Waals surface area contributed by atoms with Crippen molar-refractivity contribution in [3.63, 3.8) is 0 Å². The molecule has 0 fully saturated rings. The Morgan fingerprint density at radius 1 is 0.362 bits per heavy atom. The van der Waals surface area contributed by atoms with E-state index in [-0.39, 0.29) is 0 Å². The summed E-state index contributed by atoms with van der Waals surface area (Å²) >= 11 is 0. The normalized spacial score (nSPS) is 12.7. The topological polar surface area (TPSA) is 62.5 Å².